The lowest BCUT2D eigenvalue weighted by molar-refractivity contribution is 0.107. The highest BCUT2D eigenvalue weighted by Crippen LogP contribution is 2.18. The molecular weight excluding hydrogens is 270 g/mol. The summed E-state index contributed by atoms with van der Waals surface area (Å²) in [6.45, 7) is 4.40. The number of nitrogens with zero attached hydrogens (tertiary/aromatic N) is 3. The summed E-state index contributed by atoms with van der Waals surface area (Å²) in [5, 5.41) is 0. The van der Waals surface area contributed by atoms with Gasteiger partial charge in [0.15, 0.2) is 0 Å². The van der Waals surface area contributed by atoms with Crippen LogP contribution in [0.15, 0.2) is 54.9 Å². The average molecular weight is 295 g/mol. The second kappa shape index (κ2) is 7.52. The van der Waals surface area contributed by atoms with E-state index in [4.69, 9.17) is 0 Å². The van der Waals surface area contributed by atoms with Crippen molar-refractivity contribution in [2.45, 2.75) is 32.0 Å². The topological polar surface area (TPSA) is 19.4 Å². The van der Waals surface area contributed by atoms with E-state index >= 15 is 0 Å². The van der Waals surface area contributed by atoms with Crippen LogP contribution < -0.4 is 0 Å². The molecule has 0 amide bonds. The van der Waals surface area contributed by atoms with Crippen LogP contribution in [0.4, 0.5) is 0 Å². The van der Waals surface area contributed by atoms with Gasteiger partial charge in [-0.1, -0.05) is 36.4 Å². The molecule has 2 aromatic rings. The number of aromatic nitrogens is 1. The van der Waals surface area contributed by atoms with Crippen molar-refractivity contribution in [3.05, 3.63) is 66.0 Å². The zero-order valence-corrected chi connectivity index (χ0v) is 13.4. The summed E-state index contributed by atoms with van der Waals surface area (Å²) in [5.41, 5.74) is 2.71. The first-order valence-corrected chi connectivity index (χ1v) is 8.17. The Labute approximate surface area is 133 Å². The van der Waals surface area contributed by atoms with E-state index in [0.29, 0.717) is 6.04 Å². The van der Waals surface area contributed by atoms with Crippen LogP contribution in [0, 0.1) is 0 Å². The third kappa shape index (κ3) is 4.15. The van der Waals surface area contributed by atoms with Crippen LogP contribution in [0.2, 0.25) is 0 Å². The maximum absolute atomic E-state index is 4.22. The van der Waals surface area contributed by atoms with Crippen molar-refractivity contribution in [1.82, 2.24) is 14.8 Å². The molecule has 1 saturated heterocycles. The molecule has 2 heterocycles. The summed E-state index contributed by atoms with van der Waals surface area (Å²) >= 11 is 0. The lowest BCUT2D eigenvalue weighted by Gasteiger charge is -2.37. The average Bonchev–Trinajstić information content (AvgIpc) is 2.57. The third-order valence-electron chi connectivity index (χ3n) is 4.51. The summed E-state index contributed by atoms with van der Waals surface area (Å²) in [4.78, 5) is 9.29. The zero-order chi connectivity index (χ0) is 15.2. The molecular formula is C19H25N3. The third-order valence-corrected chi connectivity index (χ3v) is 4.51. The molecule has 1 aromatic heterocycles. The first-order chi connectivity index (χ1) is 10.8. The smallest absolute Gasteiger partial charge is 0.0312 e. The van der Waals surface area contributed by atoms with Crippen LogP contribution in [0.25, 0.3) is 0 Å². The lowest BCUT2D eigenvalue weighted by atomic mass is 10.0. The number of pyridine rings is 1. The van der Waals surface area contributed by atoms with Gasteiger partial charge in [0.25, 0.3) is 0 Å². The minimum Gasteiger partial charge on any atom is -0.298 e. The molecule has 1 aliphatic heterocycles. The quantitative estimate of drug-likeness (QED) is 0.844. The Morgan fingerprint density at radius 3 is 2.73 bits per heavy atom. The van der Waals surface area contributed by atoms with Crippen LogP contribution in [-0.2, 0) is 13.1 Å². The Morgan fingerprint density at radius 1 is 1.14 bits per heavy atom. The van der Waals surface area contributed by atoms with Crippen LogP contribution >= 0.6 is 0 Å². The van der Waals surface area contributed by atoms with Crippen molar-refractivity contribution < 1.29 is 0 Å². The zero-order valence-electron chi connectivity index (χ0n) is 13.4. The summed E-state index contributed by atoms with van der Waals surface area (Å²) < 4.78 is 0. The van der Waals surface area contributed by atoms with Gasteiger partial charge < -0.3 is 0 Å². The molecule has 3 heteroatoms. The fraction of sp³-hybridized carbons (Fsp3) is 0.421. The molecule has 3 nitrogen and oxygen atoms in total. The van der Waals surface area contributed by atoms with Crippen molar-refractivity contribution in [3.8, 4) is 0 Å². The van der Waals surface area contributed by atoms with Gasteiger partial charge in [-0.15, -0.1) is 0 Å². The fourth-order valence-electron chi connectivity index (χ4n) is 3.28. The highest BCUT2D eigenvalue weighted by Gasteiger charge is 2.23. The lowest BCUT2D eigenvalue weighted by Crippen LogP contribution is -2.45. The molecule has 0 N–H and O–H groups in total. The van der Waals surface area contributed by atoms with Crippen molar-refractivity contribution in [3.63, 3.8) is 0 Å². The fourth-order valence-corrected chi connectivity index (χ4v) is 3.28. The van der Waals surface area contributed by atoms with Crippen LogP contribution in [0.5, 0.6) is 0 Å². The molecule has 1 aliphatic rings. The van der Waals surface area contributed by atoms with Gasteiger partial charge in [-0.25, -0.2) is 0 Å². The number of benzene rings is 1. The van der Waals surface area contributed by atoms with Crippen LogP contribution in [-0.4, -0.2) is 41.0 Å². The Kier molecular flexibility index (Phi) is 5.20. The normalized spacial score (nSPS) is 19.5. The second-order valence-electron chi connectivity index (χ2n) is 6.29. The molecule has 0 radical (unpaired) electrons. The van der Waals surface area contributed by atoms with Gasteiger partial charge in [0, 0.05) is 38.1 Å². The summed E-state index contributed by atoms with van der Waals surface area (Å²) in [5.74, 6) is 0. The van der Waals surface area contributed by atoms with E-state index in [1.54, 1.807) is 0 Å². The minimum absolute atomic E-state index is 0.644. The molecule has 0 bridgehead atoms. The van der Waals surface area contributed by atoms with Crippen LogP contribution in [0.3, 0.4) is 0 Å². The predicted octanol–water partition coefficient (Wildman–Crippen LogP) is 3.18. The molecule has 22 heavy (non-hydrogen) atoms. The van der Waals surface area contributed by atoms with E-state index in [1.807, 2.05) is 18.5 Å². The summed E-state index contributed by atoms with van der Waals surface area (Å²) in [6.07, 6.45) is 6.41. The van der Waals surface area contributed by atoms with Gasteiger partial charge in [0.1, 0.15) is 0 Å². The number of rotatable bonds is 5. The summed E-state index contributed by atoms with van der Waals surface area (Å²) in [7, 11) is 2.26. The van der Waals surface area contributed by atoms with Crippen LogP contribution in [0.1, 0.15) is 24.0 Å². The van der Waals surface area contributed by atoms with Gasteiger partial charge >= 0.3 is 0 Å². The van der Waals surface area contributed by atoms with Crippen molar-refractivity contribution in [2.24, 2.45) is 0 Å². The van der Waals surface area contributed by atoms with Gasteiger partial charge in [-0.05, 0) is 43.6 Å². The Bertz CT molecular complexity index is 516. The molecule has 1 aromatic carbocycles. The highest BCUT2D eigenvalue weighted by atomic mass is 15.2. The largest absolute Gasteiger partial charge is 0.298 e. The SMILES string of the molecule is CN(Cc1ccccc1)C1CCCN(Cc2cccnc2)C1. The number of piperidine rings is 1. The number of likely N-dealkylation sites (N-methyl/N-ethyl adjacent to an activating group) is 1. The Morgan fingerprint density at radius 2 is 1.95 bits per heavy atom. The Hall–Kier alpha value is -1.71. The second-order valence-corrected chi connectivity index (χ2v) is 6.29. The van der Waals surface area contributed by atoms with E-state index in [2.05, 4.69) is 58.2 Å². The minimum atomic E-state index is 0.644. The number of hydrogen-bond donors (Lipinski definition) is 0. The van der Waals surface area contributed by atoms with Gasteiger partial charge in [-0.3, -0.25) is 14.8 Å². The van der Waals surface area contributed by atoms with E-state index in [1.165, 1.54) is 30.5 Å². The van der Waals surface area contributed by atoms with Crippen molar-refractivity contribution in [1.29, 1.82) is 0 Å². The number of hydrogen-bond acceptors (Lipinski definition) is 3. The highest BCUT2D eigenvalue weighted by molar-refractivity contribution is 5.14. The van der Waals surface area contributed by atoms with E-state index in [-0.39, 0.29) is 0 Å². The molecule has 1 unspecified atom stereocenters. The standard InChI is InChI=1S/C19H25N3/c1-21(14-17-7-3-2-4-8-17)19-10-6-12-22(16-19)15-18-9-5-11-20-13-18/h2-5,7-9,11,13,19H,6,10,12,14-16H2,1H3. The first kappa shape index (κ1) is 15.2. The first-order valence-electron chi connectivity index (χ1n) is 8.17. The van der Waals surface area contributed by atoms with Gasteiger partial charge in [-0.2, -0.15) is 0 Å². The van der Waals surface area contributed by atoms with E-state index in [0.717, 1.165) is 19.6 Å². The summed E-state index contributed by atoms with van der Waals surface area (Å²) in [6, 6.07) is 15.6. The van der Waals surface area contributed by atoms with Gasteiger partial charge in [0.05, 0.1) is 0 Å². The van der Waals surface area contributed by atoms with Crippen molar-refractivity contribution >= 4 is 0 Å². The van der Waals surface area contributed by atoms with E-state index < -0.39 is 0 Å². The molecule has 0 saturated carbocycles. The molecule has 1 atom stereocenters. The maximum Gasteiger partial charge on any atom is 0.0312 e. The van der Waals surface area contributed by atoms with Crippen molar-refractivity contribution in [2.75, 3.05) is 20.1 Å². The van der Waals surface area contributed by atoms with Gasteiger partial charge in [0.2, 0.25) is 0 Å². The number of likely N-dealkylation sites (tertiary alicyclic amines) is 1. The predicted molar refractivity (Wildman–Crippen MR) is 90.4 cm³/mol. The molecule has 1 fully saturated rings. The van der Waals surface area contributed by atoms with E-state index in [9.17, 15) is 0 Å². The molecule has 3 rings (SSSR count). The monoisotopic (exact) mass is 295 g/mol. The molecule has 116 valence electrons. The maximum atomic E-state index is 4.22. The molecule has 0 aliphatic carbocycles. The molecule has 0 spiro atoms. The Balaban J connectivity index is 1.56.